The Morgan fingerprint density at radius 3 is 2.29 bits per heavy atom. The standard InChI is InChI=1S/C19H22N2O7/c1-19(2,3)28-27-18(24)11-4-6-12(7-5-11)20-16(22)14-9-8-13(21(25)26)10-15(14)17(20)23/h8-12H,4-7H2,1-3H3. The molecule has 9 nitrogen and oxygen atoms in total. The molecule has 0 saturated heterocycles. The van der Waals surface area contributed by atoms with Gasteiger partial charge in [0.25, 0.3) is 17.5 Å². The molecular weight excluding hydrogens is 368 g/mol. The van der Waals surface area contributed by atoms with Crippen LogP contribution in [-0.4, -0.2) is 39.2 Å². The zero-order valence-electron chi connectivity index (χ0n) is 16.0. The van der Waals surface area contributed by atoms with Gasteiger partial charge >= 0.3 is 5.97 Å². The third kappa shape index (κ3) is 3.89. The van der Waals surface area contributed by atoms with Crippen LogP contribution in [0.2, 0.25) is 0 Å². The quantitative estimate of drug-likeness (QED) is 0.336. The van der Waals surface area contributed by atoms with E-state index in [1.807, 2.05) is 0 Å². The van der Waals surface area contributed by atoms with Crippen LogP contribution in [0, 0.1) is 16.0 Å². The number of nitro groups is 1. The number of amides is 2. The predicted molar refractivity (Wildman–Crippen MR) is 96.3 cm³/mol. The first kappa shape index (κ1) is 19.9. The molecule has 28 heavy (non-hydrogen) atoms. The van der Waals surface area contributed by atoms with Gasteiger partial charge in [-0.15, -0.1) is 0 Å². The van der Waals surface area contributed by atoms with Crippen LogP contribution in [0.25, 0.3) is 0 Å². The maximum atomic E-state index is 12.7. The van der Waals surface area contributed by atoms with E-state index in [0.717, 1.165) is 6.07 Å². The fourth-order valence-electron chi connectivity index (χ4n) is 3.50. The molecule has 150 valence electrons. The molecule has 9 heteroatoms. The number of carbonyl (C=O) groups is 3. The summed E-state index contributed by atoms with van der Waals surface area (Å²) in [5.41, 5.74) is -0.600. The summed E-state index contributed by atoms with van der Waals surface area (Å²) in [4.78, 5) is 58.9. The predicted octanol–water partition coefficient (Wildman–Crippen LogP) is 3.02. The molecule has 0 aromatic heterocycles. The monoisotopic (exact) mass is 390 g/mol. The van der Waals surface area contributed by atoms with E-state index in [9.17, 15) is 24.5 Å². The van der Waals surface area contributed by atoms with Crippen LogP contribution in [0.3, 0.4) is 0 Å². The minimum Gasteiger partial charge on any atom is -0.298 e. The first-order valence-corrected chi connectivity index (χ1v) is 9.14. The maximum absolute atomic E-state index is 12.7. The average Bonchev–Trinajstić information content (AvgIpc) is 2.89. The number of hydrogen-bond acceptors (Lipinski definition) is 7. The van der Waals surface area contributed by atoms with Crippen LogP contribution < -0.4 is 0 Å². The summed E-state index contributed by atoms with van der Waals surface area (Å²) in [5.74, 6) is -1.77. The van der Waals surface area contributed by atoms with Crippen molar-refractivity contribution in [2.45, 2.75) is 58.1 Å². The van der Waals surface area contributed by atoms with E-state index in [4.69, 9.17) is 9.78 Å². The third-order valence-electron chi connectivity index (χ3n) is 4.88. The number of rotatable bonds is 4. The minimum atomic E-state index is -0.602. The van der Waals surface area contributed by atoms with Crippen molar-refractivity contribution >= 4 is 23.5 Å². The second kappa shape index (κ2) is 7.31. The van der Waals surface area contributed by atoms with Gasteiger partial charge in [-0.2, -0.15) is 4.89 Å². The van der Waals surface area contributed by atoms with Gasteiger partial charge in [0.05, 0.1) is 22.0 Å². The summed E-state index contributed by atoms with van der Waals surface area (Å²) in [6.07, 6.45) is 1.85. The van der Waals surface area contributed by atoms with E-state index in [0.29, 0.717) is 25.7 Å². The summed E-state index contributed by atoms with van der Waals surface area (Å²) in [6.45, 7) is 5.30. The SMILES string of the molecule is CC(C)(C)OOC(=O)C1CCC(N2C(=O)c3ccc([N+](=O)[O-])cc3C2=O)CC1. The molecule has 2 aliphatic rings. The molecule has 1 fully saturated rings. The van der Waals surface area contributed by atoms with Crippen molar-refractivity contribution in [3.05, 3.63) is 39.4 Å². The van der Waals surface area contributed by atoms with Gasteiger partial charge < -0.3 is 0 Å². The maximum Gasteiger partial charge on any atom is 0.345 e. The van der Waals surface area contributed by atoms with Gasteiger partial charge in [0.2, 0.25) is 0 Å². The summed E-state index contributed by atoms with van der Waals surface area (Å²) < 4.78 is 0. The molecule has 0 unspecified atom stereocenters. The Morgan fingerprint density at radius 2 is 1.71 bits per heavy atom. The van der Waals surface area contributed by atoms with Gasteiger partial charge in [0.15, 0.2) is 0 Å². The molecule has 1 heterocycles. The van der Waals surface area contributed by atoms with Gasteiger partial charge in [-0.05, 0) is 52.5 Å². The fourth-order valence-corrected chi connectivity index (χ4v) is 3.50. The number of hydrogen-bond donors (Lipinski definition) is 0. The molecule has 0 spiro atoms. The summed E-state index contributed by atoms with van der Waals surface area (Å²) in [5, 5.41) is 10.9. The van der Waals surface area contributed by atoms with E-state index in [1.165, 1.54) is 17.0 Å². The third-order valence-corrected chi connectivity index (χ3v) is 4.88. The summed E-state index contributed by atoms with van der Waals surface area (Å²) >= 11 is 0. The molecule has 1 saturated carbocycles. The first-order chi connectivity index (χ1) is 13.1. The smallest absolute Gasteiger partial charge is 0.298 e. The molecular formula is C19H22N2O7. The van der Waals surface area contributed by atoms with Crippen LogP contribution in [0.4, 0.5) is 5.69 Å². The van der Waals surface area contributed by atoms with E-state index in [-0.39, 0.29) is 28.8 Å². The highest BCUT2D eigenvalue weighted by atomic mass is 17.2. The lowest BCUT2D eigenvalue weighted by atomic mass is 9.85. The molecule has 0 bridgehead atoms. The Labute approximate surface area is 161 Å². The molecule has 1 aromatic carbocycles. The Bertz CT molecular complexity index is 835. The number of benzene rings is 1. The lowest BCUT2D eigenvalue weighted by molar-refractivity contribution is -0.384. The van der Waals surface area contributed by atoms with Crippen molar-refractivity contribution in [3.63, 3.8) is 0 Å². The highest BCUT2D eigenvalue weighted by Gasteiger charge is 2.43. The minimum absolute atomic E-state index is 0.0549. The first-order valence-electron chi connectivity index (χ1n) is 9.14. The number of carbonyl (C=O) groups excluding carboxylic acids is 3. The molecule has 0 atom stereocenters. The Balaban J connectivity index is 1.65. The molecule has 1 aliphatic carbocycles. The Hall–Kier alpha value is -2.81. The van der Waals surface area contributed by atoms with E-state index in [2.05, 4.69) is 0 Å². The van der Waals surface area contributed by atoms with Crippen LogP contribution in [0.5, 0.6) is 0 Å². The largest absolute Gasteiger partial charge is 0.345 e. The van der Waals surface area contributed by atoms with Gasteiger partial charge in [0, 0.05) is 18.2 Å². The van der Waals surface area contributed by atoms with Gasteiger partial charge in [0.1, 0.15) is 5.60 Å². The van der Waals surface area contributed by atoms with Crippen molar-refractivity contribution in [1.29, 1.82) is 0 Å². The Kier molecular flexibility index (Phi) is 5.20. The fraction of sp³-hybridized carbons (Fsp3) is 0.526. The zero-order chi connectivity index (χ0) is 20.6. The molecule has 0 radical (unpaired) electrons. The second-order valence-electron chi connectivity index (χ2n) is 8.07. The summed E-state index contributed by atoms with van der Waals surface area (Å²) in [6, 6.07) is 3.33. The van der Waals surface area contributed by atoms with Gasteiger partial charge in [-0.3, -0.25) is 29.5 Å². The van der Waals surface area contributed by atoms with Crippen molar-refractivity contribution in [3.8, 4) is 0 Å². The number of non-ortho nitro benzene ring substituents is 1. The number of nitro benzene ring substituents is 1. The summed E-state index contributed by atoms with van der Waals surface area (Å²) in [7, 11) is 0. The zero-order valence-corrected chi connectivity index (χ0v) is 16.0. The van der Waals surface area contributed by atoms with E-state index in [1.54, 1.807) is 20.8 Å². The Morgan fingerprint density at radius 1 is 1.11 bits per heavy atom. The van der Waals surface area contributed by atoms with Crippen molar-refractivity contribution in [2.75, 3.05) is 0 Å². The average molecular weight is 390 g/mol. The molecule has 1 aromatic rings. The second-order valence-corrected chi connectivity index (χ2v) is 8.07. The normalized spacial score (nSPS) is 22.2. The molecule has 1 aliphatic heterocycles. The van der Waals surface area contributed by atoms with Crippen molar-refractivity contribution in [1.82, 2.24) is 4.90 Å². The number of imide groups is 1. The van der Waals surface area contributed by atoms with E-state index < -0.39 is 28.3 Å². The van der Waals surface area contributed by atoms with Crippen molar-refractivity contribution in [2.24, 2.45) is 5.92 Å². The topological polar surface area (TPSA) is 116 Å². The van der Waals surface area contributed by atoms with Crippen LogP contribution >= 0.6 is 0 Å². The number of nitrogens with zero attached hydrogens (tertiary/aromatic N) is 2. The highest BCUT2D eigenvalue weighted by molar-refractivity contribution is 6.21. The lowest BCUT2D eigenvalue weighted by Crippen LogP contribution is -2.43. The highest BCUT2D eigenvalue weighted by Crippen LogP contribution is 2.34. The van der Waals surface area contributed by atoms with Crippen LogP contribution in [-0.2, 0) is 14.6 Å². The number of fused-ring (bicyclic) bond motifs is 1. The van der Waals surface area contributed by atoms with Gasteiger partial charge in [-0.25, -0.2) is 4.79 Å². The molecule has 0 N–H and O–H groups in total. The van der Waals surface area contributed by atoms with Crippen LogP contribution in [0.1, 0.15) is 67.2 Å². The van der Waals surface area contributed by atoms with Crippen molar-refractivity contribution < 1.29 is 29.1 Å². The molecule has 3 rings (SSSR count). The van der Waals surface area contributed by atoms with Gasteiger partial charge in [-0.1, -0.05) is 0 Å². The molecule has 2 amide bonds. The van der Waals surface area contributed by atoms with E-state index >= 15 is 0 Å². The van der Waals surface area contributed by atoms with Crippen LogP contribution in [0.15, 0.2) is 18.2 Å². The lowest BCUT2D eigenvalue weighted by Gasteiger charge is -2.32.